The number of aromatic nitrogens is 6. The minimum atomic E-state index is -0.329. The van der Waals surface area contributed by atoms with Gasteiger partial charge in [0, 0.05) is 7.05 Å². The Balaban J connectivity index is 1.53. The molecule has 2 heterocycles. The average molecular weight is 423 g/mol. The molecule has 0 saturated heterocycles. The predicted octanol–water partition coefficient (Wildman–Crippen LogP) is 3.26. The fraction of sp³-hybridized carbons (Fsp3) is 0.125. The third-order valence-corrected chi connectivity index (χ3v) is 5.47. The lowest BCUT2D eigenvalue weighted by Gasteiger charge is -2.20. The molecule has 8 heteroatoms. The monoisotopic (exact) mass is 423 g/mol. The first-order valence-corrected chi connectivity index (χ1v) is 10.3. The second-order valence-electron chi connectivity index (χ2n) is 7.51. The molecule has 0 radical (unpaired) electrons. The molecule has 5 rings (SSSR count). The van der Waals surface area contributed by atoms with E-state index in [1.165, 1.54) is 11.0 Å². The maximum absolute atomic E-state index is 13.4. The number of imidazole rings is 1. The number of hydrogen-bond donors (Lipinski definition) is 1. The standard InChI is InChI=1S/C24H21N7O/c1-30-22-14-8-6-12-19(22)26-23(30)20(15-17-9-3-2-4-10-17)27-24(32)18-11-5-7-13-21(18)31-16-25-28-29-31/h2-14,16,20H,15H2,1H3,(H,27,32)/t20-/m0/s1. The second-order valence-corrected chi connectivity index (χ2v) is 7.51. The number of hydrogen-bond acceptors (Lipinski definition) is 5. The summed E-state index contributed by atoms with van der Waals surface area (Å²) in [7, 11) is 1.98. The first-order valence-electron chi connectivity index (χ1n) is 10.3. The van der Waals surface area contributed by atoms with Crippen molar-refractivity contribution in [1.29, 1.82) is 0 Å². The molecule has 1 amide bonds. The van der Waals surface area contributed by atoms with Crippen molar-refractivity contribution in [3.8, 4) is 5.69 Å². The van der Waals surface area contributed by atoms with Crippen LogP contribution in [-0.2, 0) is 13.5 Å². The SMILES string of the molecule is Cn1c([C@H](Cc2ccccc2)NC(=O)c2ccccc2-n2cnnn2)nc2ccccc21. The summed E-state index contributed by atoms with van der Waals surface area (Å²) in [6.07, 6.45) is 2.08. The molecule has 0 spiro atoms. The minimum Gasteiger partial charge on any atom is -0.342 e. The van der Waals surface area contributed by atoms with Crippen LogP contribution < -0.4 is 5.32 Å². The van der Waals surface area contributed by atoms with E-state index in [2.05, 4.69) is 33.0 Å². The third-order valence-electron chi connectivity index (χ3n) is 5.47. The summed E-state index contributed by atoms with van der Waals surface area (Å²) in [4.78, 5) is 18.3. The fourth-order valence-electron chi connectivity index (χ4n) is 3.91. The van der Waals surface area contributed by atoms with Crippen molar-refractivity contribution in [2.75, 3.05) is 0 Å². The number of para-hydroxylation sites is 3. The van der Waals surface area contributed by atoms with E-state index in [0.29, 0.717) is 17.7 Å². The second kappa shape index (κ2) is 8.43. The highest BCUT2D eigenvalue weighted by molar-refractivity contribution is 5.98. The number of rotatable bonds is 6. The molecular formula is C24H21N7O. The van der Waals surface area contributed by atoms with Gasteiger partial charge in [-0.2, -0.15) is 4.68 Å². The van der Waals surface area contributed by atoms with Gasteiger partial charge in [0.05, 0.1) is 28.3 Å². The van der Waals surface area contributed by atoms with E-state index in [1.54, 1.807) is 6.07 Å². The quantitative estimate of drug-likeness (QED) is 0.453. The highest BCUT2D eigenvalue weighted by Crippen LogP contribution is 2.24. The van der Waals surface area contributed by atoms with Gasteiger partial charge in [0.15, 0.2) is 0 Å². The predicted molar refractivity (Wildman–Crippen MR) is 120 cm³/mol. The van der Waals surface area contributed by atoms with Crippen molar-refractivity contribution < 1.29 is 4.79 Å². The van der Waals surface area contributed by atoms with Crippen LogP contribution in [0.15, 0.2) is 85.2 Å². The van der Waals surface area contributed by atoms with Crippen LogP contribution in [-0.4, -0.2) is 35.7 Å². The normalized spacial score (nSPS) is 12.0. The van der Waals surface area contributed by atoms with Gasteiger partial charge in [-0.15, -0.1) is 5.10 Å². The van der Waals surface area contributed by atoms with E-state index in [0.717, 1.165) is 22.4 Å². The number of tetrazole rings is 1. The van der Waals surface area contributed by atoms with Crippen LogP contribution >= 0.6 is 0 Å². The zero-order valence-electron chi connectivity index (χ0n) is 17.5. The van der Waals surface area contributed by atoms with E-state index in [1.807, 2.05) is 72.3 Å². The lowest BCUT2D eigenvalue weighted by atomic mass is 10.0. The van der Waals surface area contributed by atoms with E-state index >= 15 is 0 Å². The van der Waals surface area contributed by atoms with Crippen LogP contribution in [0.3, 0.4) is 0 Å². The summed E-state index contributed by atoms with van der Waals surface area (Å²) in [6.45, 7) is 0. The Morgan fingerprint density at radius 3 is 2.50 bits per heavy atom. The van der Waals surface area contributed by atoms with Crippen molar-refractivity contribution in [3.05, 3.63) is 102 Å². The van der Waals surface area contributed by atoms with Crippen LogP contribution in [0.2, 0.25) is 0 Å². The summed E-state index contributed by atoms with van der Waals surface area (Å²) in [5.74, 6) is 0.576. The highest BCUT2D eigenvalue weighted by Gasteiger charge is 2.23. The fourth-order valence-corrected chi connectivity index (χ4v) is 3.91. The summed E-state index contributed by atoms with van der Waals surface area (Å²) in [5, 5.41) is 14.5. The first-order chi connectivity index (χ1) is 15.7. The molecule has 1 N–H and O–H groups in total. The van der Waals surface area contributed by atoms with Crippen molar-refractivity contribution in [2.45, 2.75) is 12.5 Å². The Morgan fingerprint density at radius 2 is 1.72 bits per heavy atom. The molecule has 0 unspecified atom stereocenters. The topological polar surface area (TPSA) is 90.5 Å². The summed E-state index contributed by atoms with van der Waals surface area (Å²) in [6, 6.07) is 25.0. The molecule has 3 aromatic carbocycles. The lowest BCUT2D eigenvalue weighted by Crippen LogP contribution is -2.32. The number of amides is 1. The number of nitrogens with zero attached hydrogens (tertiary/aromatic N) is 6. The summed E-state index contributed by atoms with van der Waals surface area (Å²) in [5.41, 5.74) is 4.11. The Morgan fingerprint density at radius 1 is 0.969 bits per heavy atom. The molecule has 5 aromatic rings. The molecule has 2 aromatic heterocycles. The molecule has 0 bridgehead atoms. The smallest absolute Gasteiger partial charge is 0.254 e. The molecule has 0 aliphatic carbocycles. The van der Waals surface area contributed by atoms with Gasteiger partial charge in [-0.05, 0) is 46.7 Å². The van der Waals surface area contributed by atoms with Gasteiger partial charge >= 0.3 is 0 Å². The molecule has 158 valence electrons. The van der Waals surface area contributed by atoms with E-state index in [9.17, 15) is 4.79 Å². The zero-order chi connectivity index (χ0) is 21.9. The summed E-state index contributed by atoms with van der Waals surface area (Å²) >= 11 is 0. The molecular weight excluding hydrogens is 402 g/mol. The molecule has 0 fully saturated rings. The largest absolute Gasteiger partial charge is 0.342 e. The van der Waals surface area contributed by atoms with E-state index in [4.69, 9.17) is 4.98 Å². The maximum Gasteiger partial charge on any atom is 0.254 e. The van der Waals surface area contributed by atoms with E-state index < -0.39 is 0 Å². The van der Waals surface area contributed by atoms with Gasteiger partial charge in [-0.3, -0.25) is 4.79 Å². The Bertz CT molecular complexity index is 1360. The Kier molecular flexibility index (Phi) is 5.17. The molecule has 0 aliphatic rings. The Labute approximate surface area is 184 Å². The number of benzene rings is 3. The van der Waals surface area contributed by atoms with Gasteiger partial charge in [0.25, 0.3) is 5.91 Å². The van der Waals surface area contributed by atoms with Crippen LogP contribution in [0.5, 0.6) is 0 Å². The zero-order valence-corrected chi connectivity index (χ0v) is 17.5. The number of fused-ring (bicyclic) bond motifs is 1. The lowest BCUT2D eigenvalue weighted by molar-refractivity contribution is 0.0934. The number of carbonyl (C=O) groups excluding carboxylic acids is 1. The molecule has 0 aliphatic heterocycles. The van der Waals surface area contributed by atoms with Gasteiger partial charge in [-0.25, -0.2) is 4.98 Å². The van der Waals surface area contributed by atoms with Crippen LogP contribution in [0.4, 0.5) is 0 Å². The van der Waals surface area contributed by atoms with Crippen LogP contribution in [0, 0.1) is 0 Å². The number of nitrogens with one attached hydrogen (secondary N) is 1. The molecule has 8 nitrogen and oxygen atoms in total. The number of aryl methyl sites for hydroxylation is 1. The third kappa shape index (κ3) is 3.74. The van der Waals surface area contributed by atoms with Gasteiger partial charge in [0.2, 0.25) is 0 Å². The Hall–Kier alpha value is -4.33. The molecule has 0 saturated carbocycles. The molecule has 32 heavy (non-hydrogen) atoms. The van der Waals surface area contributed by atoms with Crippen molar-refractivity contribution in [1.82, 2.24) is 35.1 Å². The molecule has 1 atom stereocenters. The van der Waals surface area contributed by atoms with Gasteiger partial charge in [-0.1, -0.05) is 54.6 Å². The highest BCUT2D eigenvalue weighted by atomic mass is 16.1. The van der Waals surface area contributed by atoms with Crippen molar-refractivity contribution in [3.63, 3.8) is 0 Å². The minimum absolute atomic E-state index is 0.218. The van der Waals surface area contributed by atoms with Gasteiger partial charge < -0.3 is 9.88 Å². The van der Waals surface area contributed by atoms with Crippen molar-refractivity contribution in [2.24, 2.45) is 7.05 Å². The maximum atomic E-state index is 13.4. The average Bonchev–Trinajstić information content (AvgIpc) is 3.48. The van der Waals surface area contributed by atoms with E-state index in [-0.39, 0.29) is 11.9 Å². The van der Waals surface area contributed by atoms with Crippen molar-refractivity contribution >= 4 is 16.9 Å². The van der Waals surface area contributed by atoms with Crippen LogP contribution in [0.25, 0.3) is 16.7 Å². The van der Waals surface area contributed by atoms with Gasteiger partial charge in [0.1, 0.15) is 12.2 Å². The first kappa shape index (κ1) is 19.6. The van der Waals surface area contributed by atoms with Crippen LogP contribution in [0.1, 0.15) is 27.8 Å². The number of carbonyl (C=O) groups is 1. The summed E-state index contributed by atoms with van der Waals surface area (Å²) < 4.78 is 3.52.